The van der Waals surface area contributed by atoms with Crippen LogP contribution in [0.2, 0.25) is 0 Å². The van der Waals surface area contributed by atoms with E-state index in [0.29, 0.717) is 43.1 Å². The van der Waals surface area contributed by atoms with E-state index >= 15 is 0 Å². The van der Waals surface area contributed by atoms with Gasteiger partial charge in [-0.3, -0.25) is 4.79 Å². The Labute approximate surface area is 176 Å². The molecule has 2 aliphatic heterocycles. The van der Waals surface area contributed by atoms with Crippen molar-refractivity contribution in [2.45, 2.75) is 48.9 Å². The van der Waals surface area contributed by atoms with Gasteiger partial charge in [0.25, 0.3) is 10.0 Å². The van der Waals surface area contributed by atoms with Crippen LogP contribution in [0.15, 0.2) is 39.9 Å². The number of aryl methyl sites for hydroxylation is 1. The van der Waals surface area contributed by atoms with E-state index in [-0.39, 0.29) is 11.4 Å². The molecule has 0 aliphatic carbocycles. The number of carbonyl (C=O) groups is 1. The number of methoxy groups -OCH3 is 1. The van der Waals surface area contributed by atoms with Crippen LogP contribution in [0.5, 0.6) is 5.75 Å². The minimum absolute atomic E-state index is 0.159. The maximum absolute atomic E-state index is 13.0. The predicted octanol–water partition coefficient (Wildman–Crippen LogP) is 3.41. The Bertz CT molecular complexity index is 990. The molecule has 0 unspecified atom stereocenters. The number of amides is 1. The third-order valence-corrected chi connectivity index (χ3v) is 9.78. The zero-order valence-corrected chi connectivity index (χ0v) is 18.4. The Kier molecular flexibility index (Phi) is 5.44. The Balaban J connectivity index is 1.50. The molecule has 0 N–H and O–H groups in total. The fourth-order valence-electron chi connectivity index (χ4n) is 4.45. The SMILES string of the molecule is COc1ccc(CN2C(=O)CCC23CCN(S(=O)(=O)c2sccc2C)CC3)cc1. The number of ether oxygens (including phenoxy) is 1. The van der Waals surface area contributed by atoms with E-state index in [2.05, 4.69) is 0 Å². The fraction of sp³-hybridized carbons (Fsp3) is 0.476. The van der Waals surface area contributed by atoms with Gasteiger partial charge in [0.15, 0.2) is 0 Å². The van der Waals surface area contributed by atoms with Gasteiger partial charge in [0.2, 0.25) is 5.91 Å². The number of thiophene rings is 1. The van der Waals surface area contributed by atoms with E-state index in [0.717, 1.165) is 23.3 Å². The zero-order valence-electron chi connectivity index (χ0n) is 16.8. The molecule has 8 heteroatoms. The van der Waals surface area contributed by atoms with Crippen LogP contribution in [0.4, 0.5) is 0 Å². The molecule has 29 heavy (non-hydrogen) atoms. The predicted molar refractivity (Wildman–Crippen MR) is 113 cm³/mol. The molecule has 0 atom stereocenters. The molecular weight excluding hydrogens is 408 g/mol. The first kappa shape index (κ1) is 20.4. The second kappa shape index (κ2) is 7.74. The molecule has 1 aromatic heterocycles. The molecule has 6 nitrogen and oxygen atoms in total. The third kappa shape index (κ3) is 3.69. The van der Waals surface area contributed by atoms with Gasteiger partial charge in [0.05, 0.1) is 7.11 Å². The number of hydrogen-bond acceptors (Lipinski definition) is 5. The lowest BCUT2D eigenvalue weighted by molar-refractivity contribution is -0.133. The van der Waals surface area contributed by atoms with Crippen molar-refractivity contribution >= 4 is 27.3 Å². The number of likely N-dealkylation sites (tertiary alicyclic amines) is 1. The molecule has 1 spiro atoms. The number of carbonyl (C=O) groups excluding carboxylic acids is 1. The number of rotatable bonds is 5. The molecule has 0 bridgehead atoms. The summed E-state index contributed by atoms with van der Waals surface area (Å²) in [5, 5.41) is 1.82. The summed E-state index contributed by atoms with van der Waals surface area (Å²) < 4.78 is 33.3. The lowest BCUT2D eigenvalue weighted by Gasteiger charge is -2.44. The summed E-state index contributed by atoms with van der Waals surface area (Å²) in [7, 11) is -1.83. The van der Waals surface area contributed by atoms with Crippen molar-refractivity contribution < 1.29 is 17.9 Å². The third-order valence-electron chi connectivity index (χ3n) is 6.22. The van der Waals surface area contributed by atoms with Crippen molar-refractivity contribution in [3.05, 3.63) is 46.8 Å². The monoisotopic (exact) mass is 434 g/mol. The van der Waals surface area contributed by atoms with Crippen LogP contribution in [0, 0.1) is 6.92 Å². The standard InChI is InChI=1S/C21H26N2O4S2/c1-16-8-14-28-20(16)29(25,26)22-12-10-21(11-13-22)9-7-19(24)23(21)15-17-3-5-18(27-2)6-4-17/h3-6,8,14H,7,9-13,15H2,1-2H3. The summed E-state index contributed by atoms with van der Waals surface area (Å²) in [5.41, 5.74) is 1.62. The van der Waals surface area contributed by atoms with E-state index < -0.39 is 10.0 Å². The first-order valence-electron chi connectivity index (χ1n) is 9.83. The molecule has 4 rings (SSSR count). The van der Waals surface area contributed by atoms with Crippen LogP contribution in [0.3, 0.4) is 0 Å². The second-order valence-corrected chi connectivity index (χ2v) is 10.9. The largest absolute Gasteiger partial charge is 0.497 e. The average Bonchev–Trinajstić information content (AvgIpc) is 3.28. The zero-order chi connectivity index (χ0) is 20.6. The van der Waals surface area contributed by atoms with Gasteiger partial charge in [0, 0.05) is 31.6 Å². The molecule has 2 saturated heterocycles. The first-order chi connectivity index (χ1) is 13.9. The van der Waals surface area contributed by atoms with Gasteiger partial charge in [-0.2, -0.15) is 4.31 Å². The van der Waals surface area contributed by atoms with Crippen LogP contribution in [-0.4, -0.2) is 49.3 Å². The van der Waals surface area contributed by atoms with Crippen LogP contribution < -0.4 is 4.74 Å². The number of piperidine rings is 1. The fourth-order valence-corrected chi connectivity index (χ4v) is 7.44. The maximum atomic E-state index is 13.0. The van der Waals surface area contributed by atoms with Crippen molar-refractivity contribution in [3.63, 3.8) is 0 Å². The van der Waals surface area contributed by atoms with Crippen molar-refractivity contribution in [3.8, 4) is 5.75 Å². The Morgan fingerprint density at radius 3 is 2.38 bits per heavy atom. The highest BCUT2D eigenvalue weighted by atomic mass is 32.2. The molecular formula is C21H26N2O4S2. The normalized spacial score (nSPS) is 19.8. The lowest BCUT2D eigenvalue weighted by Crippen LogP contribution is -2.53. The summed E-state index contributed by atoms with van der Waals surface area (Å²) in [6.45, 7) is 3.29. The summed E-state index contributed by atoms with van der Waals surface area (Å²) >= 11 is 1.28. The smallest absolute Gasteiger partial charge is 0.252 e. The molecule has 2 fully saturated rings. The van der Waals surface area contributed by atoms with Gasteiger partial charge in [-0.25, -0.2) is 8.42 Å². The van der Waals surface area contributed by atoms with Gasteiger partial charge in [-0.1, -0.05) is 12.1 Å². The van der Waals surface area contributed by atoms with E-state index in [1.165, 1.54) is 11.3 Å². The molecule has 0 saturated carbocycles. The number of benzene rings is 1. The first-order valence-corrected chi connectivity index (χ1v) is 12.2. The van der Waals surface area contributed by atoms with E-state index in [1.807, 2.05) is 47.5 Å². The van der Waals surface area contributed by atoms with Crippen LogP contribution >= 0.6 is 11.3 Å². The van der Waals surface area contributed by atoms with Gasteiger partial charge in [-0.15, -0.1) is 11.3 Å². The highest BCUT2D eigenvalue weighted by molar-refractivity contribution is 7.91. The second-order valence-electron chi connectivity index (χ2n) is 7.85. The Morgan fingerprint density at radius 1 is 1.10 bits per heavy atom. The quantitative estimate of drug-likeness (QED) is 0.723. The minimum Gasteiger partial charge on any atom is -0.497 e. The molecule has 156 valence electrons. The maximum Gasteiger partial charge on any atom is 0.252 e. The van der Waals surface area contributed by atoms with Gasteiger partial charge >= 0.3 is 0 Å². The highest BCUT2D eigenvalue weighted by Crippen LogP contribution is 2.41. The van der Waals surface area contributed by atoms with Crippen LogP contribution in [0.1, 0.15) is 36.8 Å². The Hall–Kier alpha value is -1.90. The van der Waals surface area contributed by atoms with Crippen LogP contribution in [-0.2, 0) is 21.4 Å². The number of hydrogen-bond donors (Lipinski definition) is 0. The molecule has 3 heterocycles. The van der Waals surface area contributed by atoms with Gasteiger partial charge in [0.1, 0.15) is 9.96 Å². The van der Waals surface area contributed by atoms with Gasteiger partial charge < -0.3 is 9.64 Å². The van der Waals surface area contributed by atoms with Crippen molar-refractivity contribution in [1.29, 1.82) is 0 Å². The van der Waals surface area contributed by atoms with Crippen LogP contribution in [0.25, 0.3) is 0 Å². The molecule has 2 aromatic rings. The van der Waals surface area contributed by atoms with E-state index in [4.69, 9.17) is 4.74 Å². The average molecular weight is 435 g/mol. The molecule has 0 radical (unpaired) electrons. The summed E-state index contributed by atoms with van der Waals surface area (Å²) in [6, 6.07) is 9.62. The molecule has 1 aromatic carbocycles. The van der Waals surface area contributed by atoms with Crippen molar-refractivity contribution in [1.82, 2.24) is 9.21 Å². The Morgan fingerprint density at radius 2 is 1.79 bits per heavy atom. The van der Waals surface area contributed by atoms with E-state index in [1.54, 1.807) is 11.4 Å². The number of nitrogens with zero attached hydrogens (tertiary/aromatic N) is 2. The summed E-state index contributed by atoms with van der Waals surface area (Å²) in [5.74, 6) is 0.949. The summed E-state index contributed by atoms with van der Waals surface area (Å²) in [6.07, 6.45) is 2.69. The van der Waals surface area contributed by atoms with Crippen molar-refractivity contribution in [2.75, 3.05) is 20.2 Å². The minimum atomic E-state index is -3.46. The number of sulfonamides is 1. The molecule has 2 aliphatic rings. The molecule has 1 amide bonds. The van der Waals surface area contributed by atoms with Gasteiger partial charge in [-0.05, 0) is 60.9 Å². The topological polar surface area (TPSA) is 66.9 Å². The van der Waals surface area contributed by atoms with Crippen molar-refractivity contribution in [2.24, 2.45) is 0 Å². The lowest BCUT2D eigenvalue weighted by atomic mass is 9.85. The van der Waals surface area contributed by atoms with E-state index in [9.17, 15) is 13.2 Å². The highest BCUT2D eigenvalue weighted by Gasteiger charge is 2.48. The summed E-state index contributed by atoms with van der Waals surface area (Å²) in [4.78, 5) is 14.6.